The van der Waals surface area contributed by atoms with Gasteiger partial charge in [-0.25, -0.2) is 8.42 Å². The first kappa shape index (κ1) is 21.6. The summed E-state index contributed by atoms with van der Waals surface area (Å²) in [6.45, 7) is -0.0196. The highest BCUT2D eigenvalue weighted by atomic mass is 32.2. The molecule has 2 aromatic carbocycles. The number of alkyl halides is 3. The molecule has 1 saturated heterocycles. The molecule has 160 valence electrons. The number of amides is 2. The van der Waals surface area contributed by atoms with Crippen molar-refractivity contribution in [2.75, 3.05) is 25.0 Å². The van der Waals surface area contributed by atoms with E-state index in [4.69, 9.17) is 0 Å². The Hall–Kier alpha value is -3.12. The molecule has 3 rings (SSSR count). The zero-order valence-corrected chi connectivity index (χ0v) is 16.1. The first-order valence-corrected chi connectivity index (χ1v) is 10.0. The number of benzene rings is 2. The smallest absolute Gasteiger partial charge is 0.406 e. The molecule has 0 unspecified atom stereocenters. The van der Waals surface area contributed by atoms with Crippen molar-refractivity contribution in [1.29, 1.82) is 0 Å². The Labute approximate surface area is 169 Å². The van der Waals surface area contributed by atoms with Gasteiger partial charge in [-0.1, -0.05) is 6.07 Å². The summed E-state index contributed by atoms with van der Waals surface area (Å²) in [5.41, 5.74) is 0.212. The predicted octanol–water partition coefficient (Wildman–Crippen LogP) is 1.96. The standard InChI is InChI=1S/C18H16F3N3O5S/c19-18(20,21)29-14-6-4-13(5-7-14)23-17(26)12-2-1-3-15(10-12)30(27,28)24-9-8-22-16(25)11-24/h1-7,10H,8-9,11H2,(H,22,25)(H,23,26). The third-order valence-corrected chi connectivity index (χ3v) is 5.92. The molecule has 1 aliphatic rings. The van der Waals surface area contributed by atoms with Crippen molar-refractivity contribution in [2.45, 2.75) is 11.3 Å². The molecule has 1 fully saturated rings. The lowest BCUT2D eigenvalue weighted by molar-refractivity contribution is -0.274. The van der Waals surface area contributed by atoms with Gasteiger partial charge in [-0.3, -0.25) is 9.59 Å². The predicted molar refractivity (Wildman–Crippen MR) is 99.3 cm³/mol. The summed E-state index contributed by atoms with van der Waals surface area (Å²) in [5.74, 6) is -1.52. The van der Waals surface area contributed by atoms with Crippen molar-refractivity contribution in [3.05, 3.63) is 54.1 Å². The Kier molecular flexibility index (Phi) is 5.99. The van der Waals surface area contributed by atoms with E-state index >= 15 is 0 Å². The van der Waals surface area contributed by atoms with Crippen molar-refractivity contribution < 1.29 is 35.9 Å². The van der Waals surface area contributed by atoms with E-state index in [9.17, 15) is 31.2 Å². The van der Waals surface area contributed by atoms with Gasteiger partial charge in [0.15, 0.2) is 0 Å². The molecule has 2 aromatic rings. The molecular formula is C18H16F3N3O5S. The summed E-state index contributed by atoms with van der Waals surface area (Å²) in [6, 6.07) is 9.74. The molecule has 1 aliphatic heterocycles. The third-order valence-electron chi connectivity index (χ3n) is 4.08. The van der Waals surface area contributed by atoms with E-state index in [-0.39, 0.29) is 35.8 Å². The minimum absolute atomic E-state index is 0.0214. The van der Waals surface area contributed by atoms with Crippen LogP contribution in [0.2, 0.25) is 0 Å². The van der Waals surface area contributed by atoms with Crippen LogP contribution in [-0.4, -0.2) is 50.5 Å². The Bertz CT molecular complexity index is 1060. The van der Waals surface area contributed by atoms with Gasteiger partial charge in [0.1, 0.15) is 5.75 Å². The van der Waals surface area contributed by atoms with E-state index in [0.717, 1.165) is 22.5 Å². The zero-order valence-electron chi connectivity index (χ0n) is 15.3. The van der Waals surface area contributed by atoms with Crippen LogP contribution in [0, 0.1) is 0 Å². The van der Waals surface area contributed by atoms with Gasteiger partial charge in [-0.15, -0.1) is 13.2 Å². The maximum atomic E-state index is 12.7. The van der Waals surface area contributed by atoms with Crippen LogP contribution in [-0.2, 0) is 14.8 Å². The summed E-state index contributed by atoms with van der Waals surface area (Å²) >= 11 is 0. The summed E-state index contributed by atoms with van der Waals surface area (Å²) in [4.78, 5) is 23.8. The Morgan fingerprint density at radius 1 is 1.13 bits per heavy atom. The van der Waals surface area contributed by atoms with E-state index in [2.05, 4.69) is 15.4 Å². The summed E-state index contributed by atoms with van der Waals surface area (Å²) in [6.07, 6.45) is -4.83. The number of ether oxygens (including phenoxy) is 1. The Morgan fingerprint density at radius 3 is 2.47 bits per heavy atom. The maximum absolute atomic E-state index is 12.7. The molecule has 0 spiro atoms. The Morgan fingerprint density at radius 2 is 1.83 bits per heavy atom. The normalized spacial score (nSPS) is 15.4. The molecule has 8 nitrogen and oxygen atoms in total. The second-order valence-electron chi connectivity index (χ2n) is 6.24. The third kappa shape index (κ3) is 5.27. The number of sulfonamides is 1. The van der Waals surface area contributed by atoms with E-state index in [1.807, 2.05) is 0 Å². The molecule has 0 radical (unpaired) electrons. The summed E-state index contributed by atoms with van der Waals surface area (Å²) in [7, 11) is -3.98. The van der Waals surface area contributed by atoms with Crippen molar-refractivity contribution in [2.24, 2.45) is 0 Å². The molecule has 0 aromatic heterocycles. The SMILES string of the molecule is O=C1CN(S(=O)(=O)c2cccc(C(=O)Nc3ccc(OC(F)(F)F)cc3)c2)CCN1. The van der Waals surface area contributed by atoms with E-state index in [0.29, 0.717) is 0 Å². The molecule has 2 amide bonds. The number of rotatable bonds is 5. The number of piperazine rings is 1. The van der Waals surface area contributed by atoms with Crippen LogP contribution in [0.4, 0.5) is 18.9 Å². The summed E-state index contributed by atoms with van der Waals surface area (Å²) < 4.78 is 66.8. The van der Waals surface area contributed by atoms with Crippen LogP contribution < -0.4 is 15.4 Å². The number of hydrogen-bond donors (Lipinski definition) is 2. The van der Waals surface area contributed by atoms with E-state index in [1.54, 1.807) is 0 Å². The minimum Gasteiger partial charge on any atom is -0.406 e. The fourth-order valence-electron chi connectivity index (χ4n) is 2.71. The van der Waals surface area contributed by atoms with Crippen LogP contribution >= 0.6 is 0 Å². The molecule has 0 atom stereocenters. The van der Waals surface area contributed by atoms with Gasteiger partial charge in [0.05, 0.1) is 11.4 Å². The first-order valence-electron chi connectivity index (χ1n) is 8.59. The lowest BCUT2D eigenvalue weighted by atomic mass is 10.2. The Balaban J connectivity index is 1.74. The molecule has 1 heterocycles. The molecule has 0 saturated carbocycles. The van der Waals surface area contributed by atoms with Crippen LogP contribution in [0.3, 0.4) is 0 Å². The number of halogens is 3. The highest BCUT2D eigenvalue weighted by Crippen LogP contribution is 2.24. The fourth-order valence-corrected chi connectivity index (χ4v) is 4.15. The molecule has 2 N–H and O–H groups in total. The van der Waals surface area contributed by atoms with Gasteiger partial charge in [0.25, 0.3) is 5.91 Å². The minimum atomic E-state index is -4.83. The van der Waals surface area contributed by atoms with Gasteiger partial charge in [0.2, 0.25) is 15.9 Å². The number of nitrogens with zero attached hydrogens (tertiary/aromatic N) is 1. The fraction of sp³-hybridized carbons (Fsp3) is 0.222. The zero-order chi connectivity index (χ0) is 21.9. The van der Waals surface area contributed by atoms with Crippen LogP contribution in [0.1, 0.15) is 10.4 Å². The first-order chi connectivity index (χ1) is 14.0. The number of carbonyl (C=O) groups excluding carboxylic acids is 2. The molecule has 12 heteroatoms. The monoisotopic (exact) mass is 443 g/mol. The average molecular weight is 443 g/mol. The van der Waals surface area contributed by atoms with E-state index in [1.165, 1.54) is 30.3 Å². The number of hydrogen-bond acceptors (Lipinski definition) is 5. The second kappa shape index (κ2) is 8.32. The number of anilines is 1. The summed E-state index contributed by atoms with van der Waals surface area (Å²) in [5, 5.41) is 4.99. The van der Waals surface area contributed by atoms with Gasteiger partial charge < -0.3 is 15.4 Å². The van der Waals surface area contributed by atoms with Gasteiger partial charge >= 0.3 is 6.36 Å². The van der Waals surface area contributed by atoms with Crippen LogP contribution in [0.15, 0.2) is 53.4 Å². The van der Waals surface area contributed by atoms with Gasteiger partial charge in [0, 0.05) is 24.3 Å². The topological polar surface area (TPSA) is 105 Å². The van der Waals surface area contributed by atoms with Crippen LogP contribution in [0.25, 0.3) is 0 Å². The average Bonchev–Trinajstić information content (AvgIpc) is 2.68. The van der Waals surface area contributed by atoms with Crippen LogP contribution in [0.5, 0.6) is 5.75 Å². The molecule has 0 bridgehead atoms. The van der Waals surface area contributed by atoms with Crippen molar-refractivity contribution >= 4 is 27.5 Å². The molecule has 30 heavy (non-hydrogen) atoms. The van der Waals surface area contributed by atoms with Gasteiger partial charge in [-0.05, 0) is 42.5 Å². The second-order valence-corrected chi connectivity index (χ2v) is 8.18. The quantitative estimate of drug-likeness (QED) is 0.735. The van der Waals surface area contributed by atoms with Crippen molar-refractivity contribution in [3.8, 4) is 5.75 Å². The van der Waals surface area contributed by atoms with Gasteiger partial charge in [-0.2, -0.15) is 4.31 Å². The van der Waals surface area contributed by atoms with Crippen molar-refractivity contribution in [1.82, 2.24) is 9.62 Å². The highest BCUT2D eigenvalue weighted by molar-refractivity contribution is 7.89. The van der Waals surface area contributed by atoms with E-state index < -0.39 is 33.9 Å². The highest BCUT2D eigenvalue weighted by Gasteiger charge is 2.31. The number of nitrogens with one attached hydrogen (secondary N) is 2. The largest absolute Gasteiger partial charge is 0.573 e. The molecular weight excluding hydrogens is 427 g/mol. The van der Waals surface area contributed by atoms with Crippen molar-refractivity contribution in [3.63, 3.8) is 0 Å². The number of carbonyl (C=O) groups is 2. The molecule has 0 aliphatic carbocycles. The lowest BCUT2D eigenvalue weighted by Gasteiger charge is -2.26. The lowest BCUT2D eigenvalue weighted by Crippen LogP contribution is -2.49. The maximum Gasteiger partial charge on any atom is 0.573 e.